The highest BCUT2D eigenvalue weighted by Gasteiger charge is 2.52. The summed E-state index contributed by atoms with van der Waals surface area (Å²) >= 11 is 5.22. The van der Waals surface area contributed by atoms with Gasteiger partial charge in [-0.1, -0.05) is 162 Å². The largest absolute Gasteiger partial charge is 0.289 e. The molecule has 0 fully saturated rings. The fraction of sp³-hybridized carbons (Fsp3) is 0.0896. The topological polar surface area (TPSA) is 64.7 Å². The highest BCUT2D eigenvalue weighted by atomic mass is 32.1. The van der Waals surface area contributed by atoms with Crippen LogP contribution in [0.15, 0.2) is 199 Å². The first-order chi connectivity index (χ1) is 35.6. The maximum atomic E-state index is 14.0. The third-order valence-corrected chi connectivity index (χ3v) is 18.7. The van der Waals surface area contributed by atoms with Crippen molar-refractivity contribution in [1.82, 2.24) is 0 Å². The van der Waals surface area contributed by atoms with E-state index in [-0.39, 0.29) is 11.4 Å². The Morgan fingerprint density at radius 1 is 0.466 bits per heavy atom. The van der Waals surface area contributed by atoms with Crippen molar-refractivity contribution in [1.29, 1.82) is 10.5 Å². The van der Waals surface area contributed by atoms with Crippen LogP contribution < -0.4 is 0 Å². The Morgan fingerprint density at radius 3 is 1.56 bits per heavy atom. The summed E-state index contributed by atoms with van der Waals surface area (Å²) in [4.78, 5) is 19.5. The fourth-order valence-corrected chi connectivity index (χ4v) is 14.9. The maximum absolute atomic E-state index is 14.0. The Kier molecular flexibility index (Phi) is 10.4. The van der Waals surface area contributed by atoms with E-state index in [1.54, 1.807) is 28.7 Å². The number of Topliss-reactive ketones (excluding diaryl/α,β-unsaturated/α-hetero) is 1. The molecule has 6 heteroatoms. The smallest absolute Gasteiger partial charge is 0.194 e. The van der Waals surface area contributed by atoms with Gasteiger partial charge in [-0.15, -0.1) is 34.0 Å². The van der Waals surface area contributed by atoms with Crippen LogP contribution in [0.5, 0.6) is 0 Å². The number of hydrogen-bond donors (Lipinski definition) is 0. The van der Waals surface area contributed by atoms with Crippen LogP contribution in [0.4, 0.5) is 0 Å². The van der Waals surface area contributed by atoms with Crippen LogP contribution in [0, 0.1) is 50.4 Å². The molecule has 0 unspecified atom stereocenters. The van der Waals surface area contributed by atoms with Crippen molar-refractivity contribution in [2.45, 2.75) is 38.5 Å². The molecule has 0 atom stereocenters. The van der Waals surface area contributed by atoms with Gasteiger partial charge < -0.3 is 0 Å². The number of nitriles is 2. The van der Waals surface area contributed by atoms with Gasteiger partial charge in [0.25, 0.3) is 0 Å². The number of aryl methyl sites for hydroxylation is 4. The van der Waals surface area contributed by atoms with E-state index in [0.717, 1.165) is 14.6 Å². The second-order valence-electron chi connectivity index (χ2n) is 19.6. The van der Waals surface area contributed by atoms with Crippen molar-refractivity contribution in [2.75, 3.05) is 0 Å². The lowest BCUT2D eigenvalue weighted by atomic mass is 9.65. The van der Waals surface area contributed by atoms with E-state index in [2.05, 4.69) is 203 Å². The minimum Gasteiger partial charge on any atom is -0.289 e. The SMILES string of the molecule is Cc1ccc(C2(c3ccc(C)cc3)c3cc(-c4cccs4)ccc3-c3cc4c(cc32)-c2sc(-c3ccc(/C=C5\C(=O)c6ccccc6C5=C(C#N)C#N)s3)cc2C4(c2ccc(C)cc2)c2ccc(C)cc2)cc1. The number of ketones is 1. The van der Waals surface area contributed by atoms with E-state index in [1.807, 2.05) is 35.6 Å². The predicted octanol–water partition coefficient (Wildman–Crippen LogP) is 17.2. The van der Waals surface area contributed by atoms with Gasteiger partial charge in [0.1, 0.15) is 17.7 Å². The third-order valence-electron chi connectivity index (χ3n) is 15.4. The number of benzene rings is 7. The molecule has 0 aliphatic heterocycles. The van der Waals surface area contributed by atoms with Crippen LogP contribution in [0.25, 0.3) is 53.4 Å². The number of rotatable bonds is 7. The van der Waals surface area contributed by atoms with E-state index in [9.17, 15) is 15.3 Å². The Hall–Kier alpha value is -8.23. The van der Waals surface area contributed by atoms with Gasteiger partial charge in [0.2, 0.25) is 0 Å². The molecule has 0 radical (unpaired) electrons. The zero-order chi connectivity index (χ0) is 49.8. The van der Waals surface area contributed by atoms with Crippen molar-refractivity contribution in [3.05, 3.63) is 281 Å². The summed E-state index contributed by atoms with van der Waals surface area (Å²) in [7, 11) is 0. The van der Waals surface area contributed by atoms with Gasteiger partial charge in [-0.2, -0.15) is 10.5 Å². The number of thiophene rings is 3. The molecule has 3 nitrogen and oxygen atoms in total. The first-order valence-electron chi connectivity index (χ1n) is 24.4. The Labute approximate surface area is 437 Å². The van der Waals surface area contributed by atoms with E-state index in [4.69, 9.17) is 0 Å². The second kappa shape index (κ2) is 16.9. The lowest BCUT2D eigenvalue weighted by Crippen LogP contribution is -2.30. The quantitative estimate of drug-likeness (QED) is 0.118. The van der Waals surface area contributed by atoms with Crippen molar-refractivity contribution in [2.24, 2.45) is 0 Å². The average Bonchev–Trinajstić information content (AvgIpc) is 4.31. The minimum atomic E-state index is -0.666. The molecule has 0 amide bonds. The van der Waals surface area contributed by atoms with Gasteiger partial charge >= 0.3 is 0 Å². The highest BCUT2D eigenvalue weighted by Crippen LogP contribution is 2.65. The summed E-state index contributed by atoms with van der Waals surface area (Å²) in [6, 6.07) is 71.4. The summed E-state index contributed by atoms with van der Waals surface area (Å²) < 4.78 is 0. The summed E-state index contributed by atoms with van der Waals surface area (Å²) in [6.07, 6.45) is 1.86. The van der Waals surface area contributed by atoms with E-state index in [1.165, 1.54) is 98.8 Å². The first-order valence-corrected chi connectivity index (χ1v) is 26.9. The van der Waals surface area contributed by atoms with Crippen molar-refractivity contribution < 1.29 is 4.79 Å². The molecule has 3 heterocycles. The number of allylic oxidation sites excluding steroid dienone is 3. The summed E-state index contributed by atoms with van der Waals surface area (Å²) in [5, 5.41) is 22.2. The zero-order valence-corrected chi connectivity index (χ0v) is 43.0. The maximum Gasteiger partial charge on any atom is 0.194 e. The van der Waals surface area contributed by atoms with Gasteiger partial charge in [0.05, 0.1) is 10.8 Å². The summed E-state index contributed by atoms with van der Waals surface area (Å²) in [6.45, 7) is 8.65. The first kappa shape index (κ1) is 44.7. The Morgan fingerprint density at radius 2 is 1.00 bits per heavy atom. The molecule has 0 N–H and O–H groups in total. The minimum absolute atomic E-state index is 0.0652. The molecule has 13 rings (SSSR count). The van der Waals surface area contributed by atoms with Crippen LogP contribution in [0.3, 0.4) is 0 Å². The fourth-order valence-electron chi connectivity index (χ4n) is 11.9. The highest BCUT2D eigenvalue weighted by molar-refractivity contribution is 7.24. The van der Waals surface area contributed by atoms with Crippen LogP contribution in [0.2, 0.25) is 0 Å². The Balaban J connectivity index is 1.08. The molecule has 3 aromatic heterocycles. The van der Waals surface area contributed by atoms with E-state index < -0.39 is 10.8 Å². The van der Waals surface area contributed by atoms with Crippen molar-refractivity contribution >= 4 is 51.4 Å². The molecule has 7 aromatic carbocycles. The zero-order valence-electron chi connectivity index (χ0n) is 40.5. The lowest BCUT2D eigenvalue weighted by molar-refractivity contribution is 0.104. The second-order valence-corrected chi connectivity index (χ2v) is 22.7. The van der Waals surface area contributed by atoms with Gasteiger partial charge in [0, 0.05) is 41.1 Å². The van der Waals surface area contributed by atoms with Gasteiger partial charge in [0.15, 0.2) is 5.78 Å². The molecule has 0 saturated heterocycles. The molecule has 0 spiro atoms. The lowest BCUT2D eigenvalue weighted by Gasteiger charge is -2.36. The summed E-state index contributed by atoms with van der Waals surface area (Å²) in [5.74, 6) is -0.180. The number of nitrogens with zero attached hydrogens (tertiary/aromatic N) is 2. The third kappa shape index (κ3) is 6.62. The molecular weight excluding hydrogens is 945 g/mol. The van der Waals surface area contributed by atoms with E-state index in [0.29, 0.717) is 22.3 Å². The number of fused-ring (bicyclic) bond motifs is 7. The standard InChI is InChI=1S/C67H44N2OS3/c1-39-11-20-45(21-12-39)66(46-22-13-40(2)14-23-46)56-32-43(60-10-7-31-71-60)19-29-50(56)53-34-58-54(35-57(53)66)65-59(67(58,47-24-15-41(3)16-25-47)48-26-17-42(4)18-27-48)36-62(73-65)61-30-28-49(72-61)33-55-63(44(37-68)38-69)51-8-5-6-9-52(51)64(55)70/h5-36H,1-4H3/b55-33-. The molecular formula is C67H44N2OS3. The van der Waals surface area contributed by atoms with Crippen LogP contribution in [-0.2, 0) is 10.8 Å². The number of carbonyl (C=O) groups is 1. The van der Waals surface area contributed by atoms with E-state index >= 15 is 0 Å². The van der Waals surface area contributed by atoms with Crippen molar-refractivity contribution in [3.63, 3.8) is 0 Å². The van der Waals surface area contributed by atoms with Crippen LogP contribution in [0.1, 0.15) is 87.6 Å². The molecule has 0 bridgehead atoms. The number of carbonyl (C=O) groups excluding carboxylic acids is 1. The van der Waals surface area contributed by atoms with Crippen molar-refractivity contribution in [3.8, 4) is 53.9 Å². The van der Waals surface area contributed by atoms with Crippen LogP contribution >= 0.6 is 34.0 Å². The van der Waals surface area contributed by atoms with Crippen LogP contribution in [-0.4, -0.2) is 5.78 Å². The monoisotopic (exact) mass is 988 g/mol. The molecule has 0 saturated carbocycles. The Bertz CT molecular complexity index is 3960. The van der Waals surface area contributed by atoms with Gasteiger partial charge in [-0.05, 0) is 154 Å². The number of hydrogen-bond acceptors (Lipinski definition) is 6. The van der Waals surface area contributed by atoms with Gasteiger partial charge in [-0.3, -0.25) is 4.79 Å². The molecule has 346 valence electrons. The van der Waals surface area contributed by atoms with Gasteiger partial charge in [-0.25, -0.2) is 0 Å². The normalized spacial score (nSPS) is 14.8. The molecule has 3 aliphatic rings. The average molecular weight is 989 g/mol. The molecule has 73 heavy (non-hydrogen) atoms. The summed E-state index contributed by atoms with van der Waals surface area (Å²) in [5.41, 5.74) is 20.3. The molecule has 3 aliphatic carbocycles. The predicted molar refractivity (Wildman–Crippen MR) is 301 cm³/mol. The molecule has 10 aromatic rings.